The number of rotatable bonds is 4. The highest BCUT2D eigenvalue weighted by Crippen LogP contribution is 2.28. The van der Waals surface area contributed by atoms with Crippen LogP contribution in [0.3, 0.4) is 0 Å². The fourth-order valence-electron chi connectivity index (χ4n) is 2.95. The van der Waals surface area contributed by atoms with Crippen molar-refractivity contribution in [3.05, 3.63) is 34.3 Å². The van der Waals surface area contributed by atoms with Crippen molar-refractivity contribution in [2.24, 2.45) is 0 Å². The van der Waals surface area contributed by atoms with Gasteiger partial charge in [0.25, 0.3) is 0 Å². The molecule has 2 heteroatoms. The molecule has 1 aromatic carbocycles. The summed E-state index contributed by atoms with van der Waals surface area (Å²) in [6, 6.07) is 8.80. The maximum atomic E-state index is 3.78. The molecule has 0 bridgehead atoms. The van der Waals surface area contributed by atoms with E-state index in [0.29, 0.717) is 5.54 Å². The van der Waals surface area contributed by atoms with Gasteiger partial charge >= 0.3 is 0 Å². The van der Waals surface area contributed by atoms with Crippen molar-refractivity contribution in [3.63, 3.8) is 0 Å². The fraction of sp³-hybridized carbons (Fsp3) is 0.600. The minimum atomic E-state index is 0.362. The minimum Gasteiger partial charge on any atom is -0.311 e. The van der Waals surface area contributed by atoms with Crippen LogP contribution in [0.25, 0.3) is 0 Å². The monoisotopic (exact) mass is 295 g/mol. The van der Waals surface area contributed by atoms with Gasteiger partial charge in [0.1, 0.15) is 0 Å². The third-order valence-corrected chi connectivity index (χ3v) is 4.30. The third-order valence-electron chi connectivity index (χ3n) is 3.77. The maximum Gasteiger partial charge on any atom is 0.0221 e. The third kappa shape index (κ3) is 3.56. The molecule has 1 unspecified atom stereocenters. The molecule has 0 amide bonds. The quantitative estimate of drug-likeness (QED) is 0.873. The summed E-state index contributed by atoms with van der Waals surface area (Å²) in [6.45, 7) is 3.48. The summed E-state index contributed by atoms with van der Waals surface area (Å²) < 4.78 is 1.17. The van der Waals surface area contributed by atoms with E-state index in [4.69, 9.17) is 0 Å². The van der Waals surface area contributed by atoms with E-state index in [-0.39, 0.29) is 0 Å². The molecule has 1 atom stereocenters. The molecule has 0 spiro atoms. The highest BCUT2D eigenvalue weighted by Gasteiger charge is 2.30. The van der Waals surface area contributed by atoms with E-state index in [9.17, 15) is 0 Å². The first-order valence-corrected chi connectivity index (χ1v) is 7.53. The summed E-state index contributed by atoms with van der Waals surface area (Å²) in [4.78, 5) is 0. The van der Waals surface area contributed by atoms with Gasteiger partial charge in [0.05, 0.1) is 0 Å². The molecule has 1 nitrogen and oxygen atoms in total. The molecule has 1 saturated heterocycles. The standard InChI is InChI=1S/C15H22BrN/c1-2-9-15(10-3-4-11-17-15)12-13-5-7-14(16)8-6-13/h5-8,17H,2-4,9-12H2,1H3. The molecule has 2 rings (SSSR count). The van der Waals surface area contributed by atoms with Crippen molar-refractivity contribution < 1.29 is 0 Å². The van der Waals surface area contributed by atoms with Crippen LogP contribution in [0.1, 0.15) is 44.6 Å². The van der Waals surface area contributed by atoms with Gasteiger partial charge < -0.3 is 5.32 Å². The zero-order valence-corrected chi connectivity index (χ0v) is 12.2. The Morgan fingerprint density at radius 2 is 2.00 bits per heavy atom. The van der Waals surface area contributed by atoms with E-state index in [0.717, 1.165) is 0 Å². The van der Waals surface area contributed by atoms with Crippen LogP contribution in [0.15, 0.2) is 28.7 Å². The summed E-state index contributed by atoms with van der Waals surface area (Å²) in [5.74, 6) is 0. The molecular formula is C15H22BrN. The van der Waals surface area contributed by atoms with E-state index in [2.05, 4.69) is 52.4 Å². The summed E-state index contributed by atoms with van der Waals surface area (Å²) in [6.07, 6.45) is 7.78. The molecule has 1 fully saturated rings. The predicted octanol–water partition coefficient (Wildman–Crippen LogP) is 4.30. The Morgan fingerprint density at radius 1 is 1.24 bits per heavy atom. The van der Waals surface area contributed by atoms with Gasteiger partial charge in [-0.1, -0.05) is 47.8 Å². The Labute approximate surface area is 113 Å². The SMILES string of the molecule is CCCC1(Cc2ccc(Br)cc2)CCCCN1. The van der Waals surface area contributed by atoms with Gasteiger partial charge in [-0.25, -0.2) is 0 Å². The van der Waals surface area contributed by atoms with Crippen LogP contribution < -0.4 is 5.32 Å². The molecule has 0 aromatic heterocycles. The lowest BCUT2D eigenvalue weighted by Gasteiger charge is -2.39. The molecule has 1 aliphatic rings. The average molecular weight is 296 g/mol. The molecule has 17 heavy (non-hydrogen) atoms. The second-order valence-corrected chi connectivity index (χ2v) is 6.13. The van der Waals surface area contributed by atoms with Crippen molar-refractivity contribution in [3.8, 4) is 0 Å². The Kier molecular flexibility index (Phi) is 4.63. The average Bonchev–Trinajstić information content (AvgIpc) is 2.34. The van der Waals surface area contributed by atoms with E-state index in [1.165, 1.54) is 55.1 Å². The second kappa shape index (κ2) is 6.01. The first kappa shape index (κ1) is 13.1. The van der Waals surface area contributed by atoms with Crippen LogP contribution in [0.4, 0.5) is 0 Å². The lowest BCUT2D eigenvalue weighted by molar-refractivity contribution is 0.233. The van der Waals surface area contributed by atoms with Gasteiger partial charge in [-0.3, -0.25) is 0 Å². The van der Waals surface area contributed by atoms with Gasteiger partial charge in [0.15, 0.2) is 0 Å². The molecule has 1 heterocycles. The molecule has 0 aliphatic carbocycles. The van der Waals surface area contributed by atoms with Crippen LogP contribution in [-0.2, 0) is 6.42 Å². The first-order chi connectivity index (χ1) is 8.24. The number of nitrogens with one attached hydrogen (secondary N) is 1. The fourth-order valence-corrected chi connectivity index (χ4v) is 3.22. The van der Waals surface area contributed by atoms with Crippen molar-refractivity contribution in [1.82, 2.24) is 5.32 Å². The molecule has 1 N–H and O–H groups in total. The van der Waals surface area contributed by atoms with Crippen LogP contribution >= 0.6 is 15.9 Å². The molecular weight excluding hydrogens is 274 g/mol. The maximum absolute atomic E-state index is 3.78. The highest BCUT2D eigenvalue weighted by atomic mass is 79.9. The van der Waals surface area contributed by atoms with E-state index >= 15 is 0 Å². The number of hydrogen-bond donors (Lipinski definition) is 1. The number of piperidine rings is 1. The molecule has 1 aromatic rings. The lowest BCUT2D eigenvalue weighted by Crippen LogP contribution is -2.50. The van der Waals surface area contributed by atoms with Crippen LogP contribution in [0, 0.1) is 0 Å². The first-order valence-electron chi connectivity index (χ1n) is 6.74. The van der Waals surface area contributed by atoms with Gasteiger partial charge in [-0.05, 0) is 49.9 Å². The Balaban J connectivity index is 2.08. The molecule has 94 valence electrons. The molecule has 0 radical (unpaired) electrons. The Morgan fingerprint density at radius 3 is 2.59 bits per heavy atom. The second-order valence-electron chi connectivity index (χ2n) is 5.22. The van der Waals surface area contributed by atoms with E-state index in [1.54, 1.807) is 0 Å². The highest BCUT2D eigenvalue weighted by molar-refractivity contribution is 9.10. The van der Waals surface area contributed by atoms with Crippen molar-refractivity contribution in [1.29, 1.82) is 0 Å². The predicted molar refractivity (Wildman–Crippen MR) is 77.3 cm³/mol. The van der Waals surface area contributed by atoms with Crippen molar-refractivity contribution in [2.75, 3.05) is 6.54 Å². The van der Waals surface area contributed by atoms with Crippen LogP contribution in [0.5, 0.6) is 0 Å². The van der Waals surface area contributed by atoms with Gasteiger partial charge in [-0.2, -0.15) is 0 Å². The summed E-state index contributed by atoms with van der Waals surface area (Å²) in [5.41, 5.74) is 1.82. The van der Waals surface area contributed by atoms with Crippen molar-refractivity contribution in [2.45, 2.75) is 51.0 Å². The van der Waals surface area contributed by atoms with Gasteiger partial charge in [0.2, 0.25) is 0 Å². The van der Waals surface area contributed by atoms with Crippen LogP contribution in [-0.4, -0.2) is 12.1 Å². The molecule has 0 saturated carbocycles. The summed E-state index contributed by atoms with van der Waals surface area (Å²) >= 11 is 3.50. The minimum absolute atomic E-state index is 0.362. The number of halogens is 1. The van der Waals surface area contributed by atoms with Gasteiger partial charge in [0, 0.05) is 10.0 Å². The summed E-state index contributed by atoms with van der Waals surface area (Å²) in [7, 11) is 0. The van der Waals surface area contributed by atoms with E-state index in [1.807, 2.05) is 0 Å². The van der Waals surface area contributed by atoms with E-state index < -0.39 is 0 Å². The van der Waals surface area contributed by atoms with Crippen molar-refractivity contribution >= 4 is 15.9 Å². The lowest BCUT2D eigenvalue weighted by atomic mass is 9.80. The van der Waals surface area contributed by atoms with Crippen LogP contribution in [0.2, 0.25) is 0 Å². The van der Waals surface area contributed by atoms with Gasteiger partial charge in [-0.15, -0.1) is 0 Å². The normalized spacial score (nSPS) is 24.8. The smallest absolute Gasteiger partial charge is 0.0221 e. The Hall–Kier alpha value is -0.340. The number of hydrogen-bond acceptors (Lipinski definition) is 1. The molecule has 1 aliphatic heterocycles. The number of benzene rings is 1. The largest absolute Gasteiger partial charge is 0.311 e. The summed E-state index contributed by atoms with van der Waals surface area (Å²) in [5, 5.41) is 3.78. The zero-order valence-electron chi connectivity index (χ0n) is 10.6. The zero-order chi connectivity index (χ0) is 12.1. The topological polar surface area (TPSA) is 12.0 Å². The Bertz CT molecular complexity index is 333.